The van der Waals surface area contributed by atoms with E-state index in [0.29, 0.717) is 49.6 Å². The van der Waals surface area contributed by atoms with Crippen molar-refractivity contribution in [3.8, 4) is 22.8 Å². The molecular weight excluding hydrogens is 606 g/mol. The first-order valence-corrected chi connectivity index (χ1v) is 13.5. The molecule has 14 heteroatoms. The molecule has 2 heterocycles. The van der Waals surface area contributed by atoms with Gasteiger partial charge in [-0.2, -0.15) is 22.0 Å². The molecule has 2 aromatic carbocycles. The molecule has 1 aliphatic rings. The third kappa shape index (κ3) is 8.45. The van der Waals surface area contributed by atoms with Gasteiger partial charge in [-0.3, -0.25) is 4.98 Å². The molecule has 0 atom stereocenters. The second-order valence-electron chi connectivity index (χ2n) is 9.76. The Hall–Kier alpha value is -3.75. The predicted octanol–water partition coefficient (Wildman–Crippen LogP) is 8.58. The summed E-state index contributed by atoms with van der Waals surface area (Å²) in [4.78, 5) is 4.15. The minimum absolute atomic E-state index is 0.0618. The fourth-order valence-electron chi connectivity index (χ4n) is 4.30. The quantitative estimate of drug-likeness (QED) is 0.107. The van der Waals surface area contributed by atoms with E-state index in [1.807, 2.05) is 6.92 Å². The summed E-state index contributed by atoms with van der Waals surface area (Å²) in [5.74, 6) is -6.75. The van der Waals surface area contributed by atoms with Crippen LogP contribution in [0.3, 0.4) is 0 Å². The van der Waals surface area contributed by atoms with Gasteiger partial charge < -0.3 is 23.7 Å². The van der Waals surface area contributed by atoms with Gasteiger partial charge in [-0.15, -0.1) is 0 Å². The zero-order chi connectivity index (χ0) is 31.9. The zero-order valence-electron chi connectivity index (χ0n) is 23.2. The highest BCUT2D eigenvalue weighted by Crippen LogP contribution is 2.38. The number of hydrogen-bond donors (Lipinski definition) is 0. The first-order chi connectivity index (χ1) is 21.0. The SMILES string of the molecule is CCCOCCCC1COC(c2ccc(-c3cc(F)c(C(F)(F)Oc4ccc(OC(F)=C(F)F)c(F)c4)c(F)c3)nc2)OC1. The molecular formula is C30H27F8NO5. The Labute approximate surface area is 247 Å². The van der Waals surface area contributed by atoms with Crippen LogP contribution in [-0.2, 0) is 20.3 Å². The van der Waals surface area contributed by atoms with Gasteiger partial charge in [0.1, 0.15) is 22.9 Å². The van der Waals surface area contributed by atoms with Crippen LogP contribution in [0, 0.1) is 23.4 Å². The van der Waals surface area contributed by atoms with E-state index in [4.69, 9.17) is 14.2 Å². The van der Waals surface area contributed by atoms with Gasteiger partial charge in [0.15, 0.2) is 17.9 Å². The molecule has 0 N–H and O–H groups in total. The Kier molecular flexibility index (Phi) is 11.2. The van der Waals surface area contributed by atoms with Crippen molar-refractivity contribution in [1.82, 2.24) is 4.98 Å². The van der Waals surface area contributed by atoms with Gasteiger partial charge in [-0.25, -0.2) is 13.2 Å². The van der Waals surface area contributed by atoms with E-state index < -0.39 is 59.0 Å². The van der Waals surface area contributed by atoms with Crippen molar-refractivity contribution in [1.29, 1.82) is 0 Å². The van der Waals surface area contributed by atoms with Gasteiger partial charge in [-0.05, 0) is 49.6 Å². The minimum atomic E-state index is -4.65. The number of ether oxygens (including phenoxy) is 5. The van der Waals surface area contributed by atoms with E-state index in [1.54, 1.807) is 6.07 Å². The van der Waals surface area contributed by atoms with Gasteiger partial charge in [0, 0.05) is 42.5 Å². The summed E-state index contributed by atoms with van der Waals surface area (Å²) in [7, 11) is 0. The average Bonchev–Trinajstić information content (AvgIpc) is 2.98. The summed E-state index contributed by atoms with van der Waals surface area (Å²) in [6.07, 6.45) is -4.11. The Morgan fingerprint density at radius 3 is 2.23 bits per heavy atom. The fourth-order valence-corrected chi connectivity index (χ4v) is 4.30. The molecule has 0 saturated carbocycles. The van der Waals surface area contributed by atoms with Crippen molar-refractivity contribution in [3.05, 3.63) is 89.3 Å². The number of alkyl halides is 2. The summed E-state index contributed by atoms with van der Waals surface area (Å²) < 4.78 is 136. The van der Waals surface area contributed by atoms with E-state index in [2.05, 4.69) is 14.5 Å². The molecule has 0 spiro atoms. The van der Waals surface area contributed by atoms with Crippen molar-refractivity contribution in [2.24, 2.45) is 5.92 Å². The van der Waals surface area contributed by atoms with Crippen LogP contribution in [0.15, 0.2) is 60.8 Å². The second-order valence-corrected chi connectivity index (χ2v) is 9.76. The third-order valence-electron chi connectivity index (χ3n) is 6.40. The Balaban J connectivity index is 1.40. The van der Waals surface area contributed by atoms with Gasteiger partial charge in [0.05, 0.1) is 18.9 Å². The van der Waals surface area contributed by atoms with Crippen LogP contribution in [0.2, 0.25) is 0 Å². The molecule has 6 nitrogen and oxygen atoms in total. The van der Waals surface area contributed by atoms with E-state index in [0.717, 1.165) is 25.9 Å². The van der Waals surface area contributed by atoms with E-state index >= 15 is 0 Å². The summed E-state index contributed by atoms with van der Waals surface area (Å²) in [5.41, 5.74) is -1.33. The number of hydrogen-bond acceptors (Lipinski definition) is 6. The molecule has 1 fully saturated rings. The van der Waals surface area contributed by atoms with Crippen molar-refractivity contribution in [2.75, 3.05) is 26.4 Å². The van der Waals surface area contributed by atoms with E-state index in [9.17, 15) is 35.1 Å². The highest BCUT2D eigenvalue weighted by molar-refractivity contribution is 5.60. The fraction of sp³-hybridized carbons (Fsp3) is 0.367. The highest BCUT2D eigenvalue weighted by Gasteiger charge is 2.41. The van der Waals surface area contributed by atoms with Crippen LogP contribution in [-0.4, -0.2) is 31.4 Å². The van der Waals surface area contributed by atoms with Crippen molar-refractivity contribution < 1.29 is 58.8 Å². The maximum absolute atomic E-state index is 14.8. The third-order valence-corrected chi connectivity index (χ3v) is 6.40. The number of halogens is 8. The molecule has 0 amide bonds. The molecule has 0 aliphatic carbocycles. The van der Waals surface area contributed by atoms with Crippen molar-refractivity contribution in [3.63, 3.8) is 0 Å². The lowest BCUT2D eigenvalue weighted by Gasteiger charge is -2.29. The maximum atomic E-state index is 14.8. The first kappa shape index (κ1) is 33.1. The molecule has 3 aromatic rings. The molecule has 0 unspecified atom stereocenters. The van der Waals surface area contributed by atoms with Crippen LogP contribution in [0.25, 0.3) is 11.3 Å². The number of benzene rings is 2. The number of pyridine rings is 1. The molecule has 238 valence electrons. The predicted molar refractivity (Wildman–Crippen MR) is 140 cm³/mol. The summed E-state index contributed by atoms with van der Waals surface area (Å²) in [6.45, 7) is 4.37. The van der Waals surface area contributed by atoms with Gasteiger partial charge in [-0.1, -0.05) is 13.0 Å². The van der Waals surface area contributed by atoms with Crippen LogP contribution in [0.5, 0.6) is 11.5 Å². The number of aromatic nitrogens is 1. The monoisotopic (exact) mass is 633 g/mol. The van der Waals surface area contributed by atoms with Gasteiger partial charge in [0.2, 0.25) is 0 Å². The Bertz CT molecular complexity index is 1420. The van der Waals surface area contributed by atoms with E-state index in [1.165, 1.54) is 12.3 Å². The molecule has 1 aliphatic heterocycles. The minimum Gasteiger partial charge on any atom is -0.429 e. The lowest BCUT2D eigenvalue weighted by molar-refractivity contribution is -0.206. The highest BCUT2D eigenvalue weighted by atomic mass is 19.3. The Morgan fingerprint density at radius 1 is 0.932 bits per heavy atom. The molecule has 0 radical (unpaired) electrons. The second kappa shape index (κ2) is 14.8. The molecule has 1 aromatic heterocycles. The van der Waals surface area contributed by atoms with Crippen LogP contribution < -0.4 is 9.47 Å². The smallest absolute Gasteiger partial charge is 0.429 e. The van der Waals surface area contributed by atoms with Crippen LogP contribution in [0.4, 0.5) is 35.1 Å². The largest absolute Gasteiger partial charge is 0.432 e. The molecule has 0 bridgehead atoms. The lowest BCUT2D eigenvalue weighted by Crippen LogP contribution is -2.27. The van der Waals surface area contributed by atoms with E-state index in [-0.39, 0.29) is 23.2 Å². The van der Waals surface area contributed by atoms with Gasteiger partial charge >= 0.3 is 18.2 Å². The topological polar surface area (TPSA) is 59.0 Å². The van der Waals surface area contributed by atoms with Crippen LogP contribution >= 0.6 is 0 Å². The normalized spacial score (nSPS) is 16.9. The zero-order valence-corrected chi connectivity index (χ0v) is 23.2. The summed E-state index contributed by atoms with van der Waals surface area (Å²) >= 11 is 0. The number of rotatable bonds is 13. The maximum Gasteiger partial charge on any atom is 0.432 e. The van der Waals surface area contributed by atoms with Crippen molar-refractivity contribution in [2.45, 2.75) is 38.6 Å². The molecule has 4 rings (SSSR count). The molecule has 1 saturated heterocycles. The number of nitrogens with zero attached hydrogens (tertiary/aromatic N) is 1. The van der Waals surface area contributed by atoms with Crippen LogP contribution in [0.1, 0.15) is 43.6 Å². The Morgan fingerprint density at radius 2 is 1.64 bits per heavy atom. The summed E-state index contributed by atoms with van der Waals surface area (Å²) in [5, 5.41) is 0. The average molecular weight is 634 g/mol. The standard InChI is InChI=1S/C30H27F8NO5/c1-2-9-40-10-3-4-17-15-41-29(42-16-17)18-5-7-24(39-14-18)19-11-22(32)26(23(33)12-19)30(37,38)44-20-6-8-25(21(31)13-20)43-28(36)27(34)35/h5-8,11-14,17,29H,2-4,9-10,15-16H2,1H3. The van der Waals surface area contributed by atoms with Crippen molar-refractivity contribution >= 4 is 0 Å². The van der Waals surface area contributed by atoms with Gasteiger partial charge in [0.25, 0.3) is 0 Å². The molecule has 44 heavy (non-hydrogen) atoms. The lowest BCUT2D eigenvalue weighted by atomic mass is 10.0. The summed E-state index contributed by atoms with van der Waals surface area (Å²) in [6, 6.07) is 3.19. The first-order valence-electron chi connectivity index (χ1n) is 13.5.